The fourth-order valence-electron chi connectivity index (χ4n) is 4.71. The summed E-state index contributed by atoms with van der Waals surface area (Å²) in [5, 5.41) is 7.46. The second-order valence-corrected chi connectivity index (χ2v) is 8.39. The summed E-state index contributed by atoms with van der Waals surface area (Å²) in [6, 6.07) is 17.1. The molecule has 0 atom stereocenters. The van der Waals surface area contributed by atoms with Crippen molar-refractivity contribution < 1.29 is 9.47 Å². The lowest BCUT2D eigenvalue weighted by Crippen LogP contribution is -2.36. The van der Waals surface area contributed by atoms with E-state index in [2.05, 4.69) is 56.9 Å². The standard InChI is InChI=1S/C25H27N5O2/c1-2-4-19(5-3-1)18-30-23-17-26-22-7-6-20(28-8-12-31-13-9-28)16-21(22)24(23)25(27-30)29-10-14-32-15-11-29/h1-7,16-17H,8-15,18H2. The Labute approximate surface area is 187 Å². The van der Waals surface area contributed by atoms with Gasteiger partial charge in [-0.2, -0.15) is 5.10 Å². The number of morpholine rings is 2. The summed E-state index contributed by atoms with van der Waals surface area (Å²) in [7, 11) is 0. The molecule has 164 valence electrons. The minimum absolute atomic E-state index is 0.720. The van der Waals surface area contributed by atoms with Crippen molar-refractivity contribution in [3.05, 3.63) is 60.3 Å². The zero-order valence-electron chi connectivity index (χ0n) is 18.1. The third kappa shape index (κ3) is 3.57. The number of fused-ring (bicyclic) bond motifs is 3. The van der Waals surface area contributed by atoms with Crippen LogP contribution in [-0.2, 0) is 16.0 Å². The molecule has 7 heteroatoms. The first-order valence-corrected chi connectivity index (χ1v) is 11.4. The second-order valence-electron chi connectivity index (χ2n) is 8.39. The number of hydrogen-bond donors (Lipinski definition) is 0. The van der Waals surface area contributed by atoms with Gasteiger partial charge in [0.1, 0.15) is 0 Å². The number of aromatic nitrogens is 3. The van der Waals surface area contributed by atoms with Crippen LogP contribution in [0, 0.1) is 0 Å². The molecule has 0 unspecified atom stereocenters. The van der Waals surface area contributed by atoms with Crippen molar-refractivity contribution in [2.24, 2.45) is 0 Å². The largest absolute Gasteiger partial charge is 0.378 e. The van der Waals surface area contributed by atoms with Gasteiger partial charge in [0.25, 0.3) is 0 Å². The highest BCUT2D eigenvalue weighted by Crippen LogP contribution is 2.35. The molecule has 0 radical (unpaired) electrons. The number of hydrogen-bond acceptors (Lipinski definition) is 6. The van der Waals surface area contributed by atoms with Crippen molar-refractivity contribution in [3.63, 3.8) is 0 Å². The van der Waals surface area contributed by atoms with Crippen molar-refractivity contribution >= 4 is 33.3 Å². The number of anilines is 2. The molecule has 0 N–H and O–H groups in total. The highest BCUT2D eigenvalue weighted by atomic mass is 16.5. The Hall–Kier alpha value is -3.16. The Morgan fingerprint density at radius 2 is 1.53 bits per heavy atom. The third-order valence-corrected chi connectivity index (χ3v) is 6.41. The minimum Gasteiger partial charge on any atom is -0.378 e. The van der Waals surface area contributed by atoms with Crippen LogP contribution >= 0.6 is 0 Å². The first-order chi connectivity index (χ1) is 15.9. The normalized spacial score (nSPS) is 17.4. The van der Waals surface area contributed by atoms with E-state index in [4.69, 9.17) is 19.6 Å². The zero-order valence-corrected chi connectivity index (χ0v) is 18.1. The first kappa shape index (κ1) is 19.5. The molecule has 0 amide bonds. The summed E-state index contributed by atoms with van der Waals surface area (Å²) in [6.45, 7) is 7.26. The summed E-state index contributed by atoms with van der Waals surface area (Å²) in [4.78, 5) is 9.56. The molecule has 0 aliphatic carbocycles. The van der Waals surface area contributed by atoms with Gasteiger partial charge in [0, 0.05) is 37.3 Å². The molecule has 0 bridgehead atoms. The van der Waals surface area contributed by atoms with Gasteiger partial charge in [-0.15, -0.1) is 0 Å². The lowest BCUT2D eigenvalue weighted by Gasteiger charge is -2.29. The maximum absolute atomic E-state index is 5.61. The Morgan fingerprint density at radius 1 is 0.812 bits per heavy atom. The van der Waals surface area contributed by atoms with Crippen LogP contribution in [0.3, 0.4) is 0 Å². The number of ether oxygens (including phenoxy) is 2. The van der Waals surface area contributed by atoms with Crippen molar-refractivity contribution in [1.82, 2.24) is 14.8 Å². The number of pyridine rings is 1. The van der Waals surface area contributed by atoms with Gasteiger partial charge in [0.15, 0.2) is 5.82 Å². The molecular weight excluding hydrogens is 402 g/mol. The van der Waals surface area contributed by atoms with Gasteiger partial charge in [0.2, 0.25) is 0 Å². The van der Waals surface area contributed by atoms with Crippen LogP contribution in [0.25, 0.3) is 21.8 Å². The van der Waals surface area contributed by atoms with Crippen LogP contribution < -0.4 is 9.80 Å². The van der Waals surface area contributed by atoms with Gasteiger partial charge >= 0.3 is 0 Å². The highest BCUT2D eigenvalue weighted by Gasteiger charge is 2.22. The average molecular weight is 430 g/mol. The van der Waals surface area contributed by atoms with Crippen molar-refractivity contribution in [3.8, 4) is 0 Å². The monoisotopic (exact) mass is 429 g/mol. The van der Waals surface area contributed by atoms with Crippen LogP contribution in [0.5, 0.6) is 0 Å². The van der Waals surface area contributed by atoms with Gasteiger partial charge in [-0.1, -0.05) is 30.3 Å². The SMILES string of the molecule is c1ccc(Cn2nc(N3CCOCC3)c3c4cc(N5CCOCC5)ccc4ncc32)cc1. The Bertz CT molecular complexity index is 1230. The maximum atomic E-state index is 5.61. The second kappa shape index (κ2) is 8.41. The van der Waals surface area contributed by atoms with E-state index in [0.29, 0.717) is 0 Å². The average Bonchev–Trinajstić information content (AvgIpc) is 3.24. The fraction of sp³-hybridized carbons (Fsp3) is 0.360. The van der Waals surface area contributed by atoms with Crippen LogP contribution in [0.4, 0.5) is 11.5 Å². The maximum Gasteiger partial charge on any atom is 0.159 e. The lowest BCUT2D eigenvalue weighted by atomic mass is 10.1. The molecule has 2 aromatic heterocycles. The van der Waals surface area contributed by atoms with Gasteiger partial charge in [-0.25, -0.2) is 0 Å². The fourth-order valence-corrected chi connectivity index (χ4v) is 4.71. The van der Waals surface area contributed by atoms with Crippen molar-refractivity contribution in [2.45, 2.75) is 6.54 Å². The molecule has 7 nitrogen and oxygen atoms in total. The summed E-state index contributed by atoms with van der Waals surface area (Å²) >= 11 is 0. The Morgan fingerprint density at radius 3 is 2.28 bits per heavy atom. The van der Waals surface area contributed by atoms with Gasteiger partial charge in [-0.05, 0) is 23.8 Å². The van der Waals surface area contributed by atoms with Crippen LogP contribution in [0.1, 0.15) is 5.56 Å². The third-order valence-electron chi connectivity index (χ3n) is 6.41. The summed E-state index contributed by atoms with van der Waals surface area (Å²) < 4.78 is 13.3. The zero-order chi connectivity index (χ0) is 21.3. The molecular formula is C25H27N5O2. The Balaban J connectivity index is 1.52. The van der Waals surface area contributed by atoms with E-state index in [9.17, 15) is 0 Å². The van der Waals surface area contributed by atoms with E-state index in [1.54, 1.807) is 0 Å². The lowest BCUT2D eigenvalue weighted by molar-refractivity contribution is 0.122. The van der Waals surface area contributed by atoms with Crippen molar-refractivity contribution in [2.75, 3.05) is 62.4 Å². The molecule has 6 rings (SSSR count). The molecule has 2 aliphatic heterocycles. The highest BCUT2D eigenvalue weighted by molar-refractivity contribution is 6.11. The van der Waals surface area contributed by atoms with Crippen LogP contribution in [-0.4, -0.2) is 67.4 Å². The smallest absolute Gasteiger partial charge is 0.159 e. The Kier molecular flexibility index (Phi) is 5.13. The van der Waals surface area contributed by atoms with E-state index in [-0.39, 0.29) is 0 Å². The van der Waals surface area contributed by atoms with E-state index >= 15 is 0 Å². The topological polar surface area (TPSA) is 55.7 Å². The van der Waals surface area contributed by atoms with Crippen LogP contribution in [0.15, 0.2) is 54.7 Å². The van der Waals surface area contributed by atoms with Gasteiger partial charge < -0.3 is 19.3 Å². The first-order valence-electron chi connectivity index (χ1n) is 11.4. The number of nitrogens with zero attached hydrogens (tertiary/aromatic N) is 5. The van der Waals surface area contributed by atoms with E-state index in [0.717, 1.165) is 81.4 Å². The minimum atomic E-state index is 0.720. The number of rotatable bonds is 4. The quantitative estimate of drug-likeness (QED) is 0.496. The van der Waals surface area contributed by atoms with E-state index < -0.39 is 0 Å². The summed E-state index contributed by atoms with van der Waals surface area (Å²) in [5.41, 5.74) is 4.52. The van der Waals surface area contributed by atoms with Crippen LogP contribution in [0.2, 0.25) is 0 Å². The molecule has 2 aliphatic rings. The van der Waals surface area contributed by atoms with Gasteiger partial charge in [-0.3, -0.25) is 9.67 Å². The predicted octanol–water partition coefficient (Wildman–Crippen LogP) is 3.31. The predicted molar refractivity (Wildman–Crippen MR) is 127 cm³/mol. The molecule has 4 heterocycles. The molecule has 0 spiro atoms. The number of benzene rings is 2. The van der Waals surface area contributed by atoms with E-state index in [1.165, 1.54) is 16.6 Å². The molecule has 2 saturated heterocycles. The molecule has 0 saturated carbocycles. The summed E-state index contributed by atoms with van der Waals surface area (Å²) in [5.74, 6) is 1.03. The molecule has 2 fully saturated rings. The van der Waals surface area contributed by atoms with Gasteiger partial charge in [0.05, 0.1) is 55.6 Å². The summed E-state index contributed by atoms with van der Waals surface area (Å²) in [6.07, 6.45) is 1.98. The molecule has 4 aromatic rings. The van der Waals surface area contributed by atoms with Crippen molar-refractivity contribution in [1.29, 1.82) is 0 Å². The molecule has 32 heavy (non-hydrogen) atoms. The van der Waals surface area contributed by atoms with E-state index in [1.807, 2.05) is 12.3 Å². The molecule has 2 aromatic carbocycles.